The van der Waals surface area contributed by atoms with Crippen LogP contribution in [0, 0.1) is 0 Å². The monoisotopic (exact) mass is 561 g/mol. The van der Waals surface area contributed by atoms with Crippen LogP contribution in [0.25, 0.3) is 0 Å². The lowest BCUT2D eigenvalue weighted by Gasteiger charge is -2.32. The molecule has 39 heavy (non-hydrogen) atoms. The van der Waals surface area contributed by atoms with Crippen LogP contribution >= 0.6 is 23.1 Å². The number of hydrogen-bond acceptors (Lipinski definition) is 10. The molecule has 3 heterocycles. The first-order valence-electron chi connectivity index (χ1n) is 12.7. The molecule has 3 N–H and O–H groups in total. The Bertz CT molecular complexity index is 1390. The highest BCUT2D eigenvalue weighted by molar-refractivity contribution is 7.99. The Morgan fingerprint density at radius 2 is 1.62 bits per heavy atom. The Morgan fingerprint density at radius 1 is 0.923 bits per heavy atom. The lowest BCUT2D eigenvalue weighted by molar-refractivity contribution is 0.262. The molecule has 4 aromatic rings. The molecule has 1 aliphatic heterocycles. The standard InChI is InChI=1S/C27H31N9OS2/c1-18(2)22-17-28-26(39-22)32-23-31-24(36-15-13-35(3)14-16-36)34-27(33-23)38-21-11-9-20(10-12-21)30-25(37)29-19-7-5-4-6-8-19/h4-12,17-18H,13-16H2,1-3H3,(H2,29,30,37)(H,28,31,32,33,34). The maximum absolute atomic E-state index is 12.3. The largest absolute Gasteiger partial charge is 0.338 e. The van der Waals surface area contributed by atoms with Crippen LogP contribution in [-0.4, -0.2) is 64.1 Å². The van der Waals surface area contributed by atoms with Gasteiger partial charge in [-0.25, -0.2) is 9.78 Å². The van der Waals surface area contributed by atoms with Crippen molar-refractivity contribution in [2.24, 2.45) is 0 Å². The van der Waals surface area contributed by atoms with E-state index < -0.39 is 0 Å². The molecule has 0 bridgehead atoms. The van der Waals surface area contributed by atoms with E-state index in [0.29, 0.717) is 28.7 Å². The number of carbonyl (C=O) groups is 1. The van der Waals surface area contributed by atoms with Gasteiger partial charge in [0.25, 0.3) is 0 Å². The maximum Gasteiger partial charge on any atom is 0.323 e. The average Bonchev–Trinajstić information content (AvgIpc) is 3.39. The number of nitrogens with one attached hydrogen (secondary N) is 3. The van der Waals surface area contributed by atoms with Gasteiger partial charge in [0.05, 0.1) is 0 Å². The number of likely N-dealkylation sites (N-methyl/N-ethyl adjacent to an activating group) is 1. The highest BCUT2D eigenvalue weighted by atomic mass is 32.2. The van der Waals surface area contributed by atoms with Crippen molar-refractivity contribution in [3.63, 3.8) is 0 Å². The number of piperazine rings is 1. The zero-order chi connectivity index (χ0) is 27.2. The van der Waals surface area contributed by atoms with E-state index >= 15 is 0 Å². The number of nitrogens with zero attached hydrogens (tertiary/aromatic N) is 6. The van der Waals surface area contributed by atoms with Gasteiger partial charge in [-0.1, -0.05) is 32.0 Å². The summed E-state index contributed by atoms with van der Waals surface area (Å²) in [5.74, 6) is 1.53. The van der Waals surface area contributed by atoms with Gasteiger partial charge in [-0.3, -0.25) is 5.32 Å². The number of benzene rings is 2. The molecule has 0 aliphatic carbocycles. The average molecular weight is 562 g/mol. The van der Waals surface area contributed by atoms with Crippen molar-refractivity contribution in [3.8, 4) is 0 Å². The lowest BCUT2D eigenvalue weighted by atomic mass is 10.2. The number of thiazole rings is 1. The van der Waals surface area contributed by atoms with E-state index in [2.05, 4.69) is 56.6 Å². The van der Waals surface area contributed by atoms with Gasteiger partial charge in [0.15, 0.2) is 10.3 Å². The molecule has 1 fully saturated rings. The van der Waals surface area contributed by atoms with Crippen LogP contribution in [0.5, 0.6) is 0 Å². The normalized spacial score (nSPS) is 13.9. The van der Waals surface area contributed by atoms with Crippen molar-refractivity contribution < 1.29 is 4.79 Å². The Kier molecular flexibility index (Phi) is 8.54. The van der Waals surface area contributed by atoms with Crippen molar-refractivity contribution in [1.82, 2.24) is 24.8 Å². The summed E-state index contributed by atoms with van der Waals surface area (Å²) in [5, 5.41) is 10.3. The van der Waals surface area contributed by atoms with Crippen molar-refractivity contribution >= 4 is 57.5 Å². The van der Waals surface area contributed by atoms with Gasteiger partial charge in [-0.2, -0.15) is 15.0 Å². The van der Waals surface area contributed by atoms with Gasteiger partial charge in [0, 0.05) is 53.5 Å². The second-order valence-electron chi connectivity index (χ2n) is 9.45. The fourth-order valence-corrected chi connectivity index (χ4v) is 5.38. The molecule has 5 rings (SSSR count). The van der Waals surface area contributed by atoms with Gasteiger partial charge in [0.2, 0.25) is 11.9 Å². The Morgan fingerprint density at radius 3 is 2.28 bits per heavy atom. The number of para-hydroxylation sites is 1. The van der Waals surface area contributed by atoms with Crippen molar-refractivity contribution in [3.05, 3.63) is 65.7 Å². The van der Waals surface area contributed by atoms with Gasteiger partial charge in [-0.05, 0) is 61.1 Å². The second-order valence-corrected chi connectivity index (χ2v) is 11.6. The first-order chi connectivity index (χ1) is 18.9. The van der Waals surface area contributed by atoms with Crippen molar-refractivity contribution in [1.29, 1.82) is 0 Å². The third-order valence-corrected chi connectivity index (χ3v) is 8.14. The smallest absolute Gasteiger partial charge is 0.323 e. The molecular formula is C27H31N9OS2. The second kappa shape index (κ2) is 12.4. The lowest BCUT2D eigenvalue weighted by Crippen LogP contribution is -2.45. The summed E-state index contributed by atoms with van der Waals surface area (Å²) < 4.78 is 0. The number of amides is 2. The SMILES string of the molecule is CC(C)c1cnc(Nc2nc(Sc3ccc(NC(=O)Nc4ccccc4)cc3)nc(N3CCN(C)CC3)n2)s1. The van der Waals surface area contributed by atoms with Crippen LogP contribution < -0.4 is 20.9 Å². The van der Waals surface area contributed by atoms with E-state index in [1.54, 1.807) is 11.3 Å². The van der Waals surface area contributed by atoms with Crippen LogP contribution in [0.2, 0.25) is 0 Å². The fourth-order valence-electron chi connectivity index (χ4n) is 3.83. The zero-order valence-electron chi connectivity index (χ0n) is 22.1. The molecule has 2 aromatic carbocycles. The van der Waals surface area contributed by atoms with Crippen LogP contribution in [-0.2, 0) is 0 Å². The predicted molar refractivity (Wildman–Crippen MR) is 159 cm³/mol. The quantitative estimate of drug-likeness (QED) is 0.248. The Hall–Kier alpha value is -3.74. The molecule has 10 nitrogen and oxygen atoms in total. The minimum Gasteiger partial charge on any atom is -0.338 e. The first-order valence-corrected chi connectivity index (χ1v) is 14.4. The van der Waals surface area contributed by atoms with E-state index in [1.807, 2.05) is 60.8 Å². The molecule has 0 atom stereocenters. The number of anilines is 5. The summed E-state index contributed by atoms with van der Waals surface area (Å²) in [6.07, 6.45) is 1.89. The highest BCUT2D eigenvalue weighted by Gasteiger charge is 2.19. The van der Waals surface area contributed by atoms with E-state index in [9.17, 15) is 4.79 Å². The van der Waals surface area contributed by atoms with Crippen LogP contribution in [0.3, 0.4) is 0 Å². The molecular weight excluding hydrogens is 530 g/mol. The third kappa shape index (κ3) is 7.43. The minimum absolute atomic E-state index is 0.297. The maximum atomic E-state index is 12.3. The number of aromatic nitrogens is 4. The Labute approximate surface area is 236 Å². The highest BCUT2D eigenvalue weighted by Crippen LogP contribution is 2.30. The van der Waals surface area contributed by atoms with E-state index in [1.165, 1.54) is 16.6 Å². The summed E-state index contributed by atoms with van der Waals surface area (Å²) in [6.45, 7) is 7.91. The molecule has 202 valence electrons. The first kappa shape index (κ1) is 26.9. The van der Waals surface area contributed by atoms with Crippen LogP contribution in [0.15, 0.2) is 70.8 Å². The van der Waals surface area contributed by atoms with Crippen molar-refractivity contribution in [2.45, 2.75) is 29.8 Å². The molecule has 1 saturated heterocycles. The number of hydrogen-bond donors (Lipinski definition) is 3. The number of urea groups is 1. The van der Waals surface area contributed by atoms with Gasteiger partial charge < -0.3 is 20.4 Å². The number of carbonyl (C=O) groups excluding carboxylic acids is 1. The molecule has 2 amide bonds. The van der Waals surface area contributed by atoms with E-state index in [0.717, 1.165) is 41.9 Å². The Balaban J connectivity index is 1.30. The van der Waals surface area contributed by atoms with Gasteiger partial charge in [0.1, 0.15) is 0 Å². The molecule has 0 radical (unpaired) electrons. The van der Waals surface area contributed by atoms with Gasteiger partial charge >= 0.3 is 6.03 Å². The number of rotatable bonds is 8. The summed E-state index contributed by atoms with van der Waals surface area (Å²) in [4.78, 5) is 37.6. The molecule has 1 aliphatic rings. The van der Waals surface area contributed by atoms with Crippen molar-refractivity contribution in [2.75, 3.05) is 54.1 Å². The van der Waals surface area contributed by atoms with Gasteiger partial charge in [-0.15, -0.1) is 11.3 Å². The predicted octanol–water partition coefficient (Wildman–Crippen LogP) is 5.74. The minimum atomic E-state index is -0.297. The fraction of sp³-hybridized carbons (Fsp3) is 0.296. The molecule has 0 saturated carbocycles. The summed E-state index contributed by atoms with van der Waals surface area (Å²) in [7, 11) is 2.12. The van der Waals surface area contributed by atoms with E-state index in [4.69, 9.17) is 9.97 Å². The summed E-state index contributed by atoms with van der Waals surface area (Å²) in [6, 6.07) is 16.6. The van der Waals surface area contributed by atoms with E-state index in [-0.39, 0.29) is 6.03 Å². The summed E-state index contributed by atoms with van der Waals surface area (Å²) >= 11 is 3.05. The molecule has 0 unspecified atom stereocenters. The molecule has 2 aromatic heterocycles. The van der Waals surface area contributed by atoms with Crippen LogP contribution in [0.4, 0.5) is 33.2 Å². The summed E-state index contributed by atoms with van der Waals surface area (Å²) in [5.41, 5.74) is 1.42. The topological polar surface area (TPSA) is 111 Å². The van der Waals surface area contributed by atoms with Crippen LogP contribution in [0.1, 0.15) is 24.6 Å². The molecule has 0 spiro atoms. The zero-order valence-corrected chi connectivity index (χ0v) is 23.7. The third-order valence-electron chi connectivity index (χ3n) is 6.05. The molecule has 12 heteroatoms.